The van der Waals surface area contributed by atoms with Crippen LogP contribution in [0, 0.1) is 5.82 Å². The van der Waals surface area contributed by atoms with Gasteiger partial charge in [0, 0.05) is 50.7 Å². The number of nitrogens with one attached hydrogen (secondary N) is 2. The van der Waals surface area contributed by atoms with E-state index in [1.807, 2.05) is 12.1 Å². The molecule has 1 saturated heterocycles. The second-order valence-corrected chi connectivity index (χ2v) is 12.2. The van der Waals surface area contributed by atoms with E-state index >= 15 is 4.39 Å². The van der Waals surface area contributed by atoms with Crippen LogP contribution in [0.5, 0.6) is 23.1 Å². The molecule has 13 heteroatoms. The molecule has 0 unspecified atom stereocenters. The van der Waals surface area contributed by atoms with E-state index < -0.39 is 11.7 Å². The molecule has 1 aliphatic heterocycles. The van der Waals surface area contributed by atoms with Gasteiger partial charge >= 0.3 is 0 Å². The molecule has 1 fully saturated rings. The summed E-state index contributed by atoms with van der Waals surface area (Å²) in [5, 5.41) is 6.22. The molecule has 0 atom stereocenters. The van der Waals surface area contributed by atoms with Crippen molar-refractivity contribution in [1.29, 1.82) is 0 Å². The Balaban J connectivity index is 1.33. The maximum atomic E-state index is 15.0. The van der Waals surface area contributed by atoms with Crippen LogP contribution in [0.4, 0.5) is 21.7 Å². The fraction of sp³-hybridized carbons (Fsp3) is 0.343. The fourth-order valence-corrected chi connectivity index (χ4v) is 5.66. The molecule has 4 aromatic rings. The summed E-state index contributed by atoms with van der Waals surface area (Å²) in [7, 11) is 3.66. The van der Waals surface area contributed by atoms with Gasteiger partial charge in [0.05, 0.1) is 29.4 Å². The highest BCUT2D eigenvalue weighted by atomic mass is 35.5. The van der Waals surface area contributed by atoms with Gasteiger partial charge in [-0.25, -0.2) is 9.37 Å². The maximum Gasteiger partial charge on any atom is 0.262 e. The van der Waals surface area contributed by atoms with Crippen LogP contribution in [-0.2, 0) is 6.42 Å². The van der Waals surface area contributed by atoms with Gasteiger partial charge in [-0.05, 0) is 61.9 Å². The van der Waals surface area contributed by atoms with E-state index in [9.17, 15) is 4.79 Å². The van der Waals surface area contributed by atoms with Crippen LogP contribution < -0.4 is 24.8 Å². The molecule has 0 spiro atoms. The number of likely N-dealkylation sites (N-methyl/N-ethyl adjacent to an activating group) is 1. The lowest BCUT2D eigenvalue weighted by molar-refractivity contribution is 0.102. The maximum absolute atomic E-state index is 15.0. The summed E-state index contributed by atoms with van der Waals surface area (Å²) in [6.45, 7) is 7.56. The van der Waals surface area contributed by atoms with E-state index in [0.717, 1.165) is 57.5 Å². The average Bonchev–Trinajstić information content (AvgIpc) is 3.07. The topological polar surface area (TPSA) is 101 Å². The molecule has 48 heavy (non-hydrogen) atoms. The predicted octanol–water partition coefficient (Wildman–Crippen LogP) is 7.69. The number of carbonyl (C=O) groups is 1. The number of benzene rings is 3. The number of ether oxygens (including phenoxy) is 3. The third-order valence-electron chi connectivity index (χ3n) is 7.83. The lowest BCUT2D eigenvalue weighted by atomic mass is 10.1. The lowest BCUT2D eigenvalue weighted by Gasteiger charge is -2.32. The Hall–Kier alpha value is -4.16. The smallest absolute Gasteiger partial charge is 0.262 e. The van der Waals surface area contributed by atoms with Crippen molar-refractivity contribution in [3.8, 4) is 23.1 Å². The summed E-state index contributed by atoms with van der Waals surface area (Å²) >= 11 is 12.6. The minimum Gasteiger partial charge on any atom is -0.493 e. The van der Waals surface area contributed by atoms with Gasteiger partial charge in [-0.2, -0.15) is 4.98 Å². The first-order valence-corrected chi connectivity index (χ1v) is 16.6. The minimum atomic E-state index is -0.603. The molecule has 1 aliphatic rings. The molecule has 1 amide bonds. The Morgan fingerprint density at radius 2 is 1.75 bits per heavy atom. The zero-order chi connectivity index (χ0) is 34.0. The zero-order valence-electron chi connectivity index (χ0n) is 27.2. The number of rotatable bonds is 14. The van der Waals surface area contributed by atoms with E-state index in [0.29, 0.717) is 23.8 Å². The zero-order valence-corrected chi connectivity index (χ0v) is 28.7. The van der Waals surface area contributed by atoms with Crippen molar-refractivity contribution >= 4 is 46.4 Å². The average molecular weight is 698 g/mol. The summed E-state index contributed by atoms with van der Waals surface area (Å²) in [4.78, 5) is 27.0. The van der Waals surface area contributed by atoms with Gasteiger partial charge in [0.25, 0.3) is 5.91 Å². The monoisotopic (exact) mass is 696 g/mol. The molecule has 254 valence electrons. The summed E-state index contributed by atoms with van der Waals surface area (Å²) in [6, 6.07) is 15.0. The van der Waals surface area contributed by atoms with Gasteiger partial charge in [-0.15, -0.1) is 0 Å². The third-order valence-corrected chi connectivity index (χ3v) is 8.46. The van der Waals surface area contributed by atoms with Crippen molar-refractivity contribution in [2.75, 3.05) is 64.1 Å². The number of hydrogen-bond donors (Lipinski definition) is 2. The van der Waals surface area contributed by atoms with Crippen LogP contribution >= 0.6 is 23.2 Å². The molecule has 1 aromatic heterocycles. The standard InChI is InChI=1S/C35H39Cl2FN6O4/c1-4-7-23-10-12-30(31(20-23)46-3)48-34-25(33(45)41-32-26(36)8-5-9-27(32)37)22-39-35(42-34)40-24-11-13-29(28(38)21-24)47-19-6-14-44-17-15-43(2)16-18-44/h5,8-13,20-22H,4,6-7,14-19H2,1-3H3,(H,41,45)(H,39,40,42). The Morgan fingerprint density at radius 1 is 1.00 bits per heavy atom. The van der Waals surface area contributed by atoms with Crippen molar-refractivity contribution in [1.82, 2.24) is 19.8 Å². The van der Waals surface area contributed by atoms with Crippen LogP contribution in [0.25, 0.3) is 0 Å². The predicted molar refractivity (Wildman–Crippen MR) is 187 cm³/mol. The molecule has 0 saturated carbocycles. The van der Waals surface area contributed by atoms with Crippen molar-refractivity contribution in [3.05, 3.63) is 87.8 Å². The highest BCUT2D eigenvalue weighted by Crippen LogP contribution is 2.35. The SMILES string of the molecule is CCCc1ccc(Oc2nc(Nc3ccc(OCCCN4CCN(C)CC4)c(F)c3)ncc2C(=O)Nc2c(Cl)cccc2Cl)c(OC)c1. The molecule has 0 aliphatic carbocycles. The molecule has 5 rings (SSSR count). The largest absolute Gasteiger partial charge is 0.493 e. The summed E-state index contributed by atoms with van der Waals surface area (Å²) in [6.07, 6.45) is 3.93. The molecule has 0 radical (unpaired) electrons. The molecular formula is C35H39Cl2FN6O4. The van der Waals surface area contributed by atoms with Crippen LogP contribution in [0.1, 0.15) is 35.7 Å². The Bertz CT molecular complexity index is 1700. The number of nitrogens with zero attached hydrogens (tertiary/aromatic N) is 4. The number of methoxy groups -OCH3 is 1. The van der Waals surface area contributed by atoms with Gasteiger partial charge < -0.3 is 34.6 Å². The van der Waals surface area contributed by atoms with Crippen molar-refractivity contribution in [3.63, 3.8) is 0 Å². The van der Waals surface area contributed by atoms with E-state index in [4.69, 9.17) is 37.4 Å². The second kappa shape index (κ2) is 16.8. The number of aromatic nitrogens is 2. The van der Waals surface area contributed by atoms with Crippen LogP contribution in [0.2, 0.25) is 10.0 Å². The van der Waals surface area contributed by atoms with E-state index in [1.165, 1.54) is 19.4 Å². The highest BCUT2D eigenvalue weighted by Gasteiger charge is 2.21. The van der Waals surface area contributed by atoms with Gasteiger partial charge in [0.15, 0.2) is 23.1 Å². The van der Waals surface area contributed by atoms with Crippen molar-refractivity contribution in [2.24, 2.45) is 0 Å². The summed E-state index contributed by atoms with van der Waals surface area (Å²) < 4.78 is 32.5. The van der Waals surface area contributed by atoms with Gasteiger partial charge in [0.1, 0.15) is 5.56 Å². The normalized spacial score (nSPS) is 13.6. The summed E-state index contributed by atoms with van der Waals surface area (Å²) in [5.41, 5.74) is 1.69. The number of aryl methyl sites for hydroxylation is 1. The molecular weight excluding hydrogens is 658 g/mol. The van der Waals surface area contributed by atoms with Gasteiger partial charge in [-0.3, -0.25) is 4.79 Å². The Labute approximate surface area is 290 Å². The fourth-order valence-electron chi connectivity index (χ4n) is 5.17. The quantitative estimate of drug-likeness (QED) is 0.129. The van der Waals surface area contributed by atoms with E-state index in [2.05, 4.69) is 44.4 Å². The number of anilines is 3. The van der Waals surface area contributed by atoms with Crippen molar-refractivity contribution in [2.45, 2.75) is 26.2 Å². The summed E-state index contributed by atoms with van der Waals surface area (Å²) in [5.74, 6) is -0.168. The number of halogens is 3. The molecule has 2 heterocycles. The van der Waals surface area contributed by atoms with Crippen LogP contribution in [0.15, 0.2) is 60.8 Å². The molecule has 0 bridgehead atoms. The first-order chi connectivity index (χ1) is 23.2. The van der Waals surface area contributed by atoms with Crippen LogP contribution in [0.3, 0.4) is 0 Å². The number of para-hydroxylation sites is 1. The molecule has 3 aromatic carbocycles. The van der Waals surface area contributed by atoms with Crippen LogP contribution in [-0.4, -0.2) is 79.2 Å². The number of carbonyl (C=O) groups excluding carboxylic acids is 1. The van der Waals surface area contributed by atoms with E-state index in [1.54, 1.807) is 36.4 Å². The number of hydrogen-bond acceptors (Lipinski definition) is 9. The molecule has 10 nitrogen and oxygen atoms in total. The minimum absolute atomic E-state index is 0.00252. The lowest BCUT2D eigenvalue weighted by Crippen LogP contribution is -2.44. The Morgan fingerprint density at radius 3 is 2.46 bits per heavy atom. The highest BCUT2D eigenvalue weighted by molar-refractivity contribution is 6.40. The Kier molecular flexibility index (Phi) is 12.3. The van der Waals surface area contributed by atoms with E-state index in [-0.39, 0.29) is 38.9 Å². The van der Waals surface area contributed by atoms with Gasteiger partial charge in [0.2, 0.25) is 11.8 Å². The van der Waals surface area contributed by atoms with Crippen molar-refractivity contribution < 1.29 is 23.4 Å². The number of piperazine rings is 1. The van der Waals surface area contributed by atoms with Gasteiger partial charge in [-0.1, -0.05) is 48.7 Å². The first kappa shape index (κ1) is 35.2. The molecule has 2 N–H and O–H groups in total. The third kappa shape index (κ3) is 9.25. The number of amides is 1. The second-order valence-electron chi connectivity index (χ2n) is 11.4. The first-order valence-electron chi connectivity index (χ1n) is 15.8.